The van der Waals surface area contributed by atoms with Crippen LogP contribution in [0, 0.1) is 6.92 Å². The Kier molecular flexibility index (Phi) is 4.02. The summed E-state index contributed by atoms with van der Waals surface area (Å²) in [7, 11) is 0. The van der Waals surface area contributed by atoms with E-state index in [1.165, 1.54) is 6.07 Å². The third-order valence-corrected chi connectivity index (χ3v) is 3.89. The van der Waals surface area contributed by atoms with Crippen LogP contribution in [-0.4, -0.2) is 26.4 Å². The smallest absolute Gasteiger partial charge is 0.387 e. The van der Waals surface area contributed by atoms with E-state index in [0.29, 0.717) is 11.4 Å². The van der Waals surface area contributed by atoms with Gasteiger partial charge in [-0.1, -0.05) is 19.1 Å². The number of imidazole rings is 1. The summed E-state index contributed by atoms with van der Waals surface area (Å²) in [6.07, 6.45) is 0.920. The number of ether oxygens (including phenoxy) is 1. The number of aromatic amines is 1. The summed E-state index contributed by atoms with van der Waals surface area (Å²) in [6, 6.07) is 6.81. The van der Waals surface area contributed by atoms with E-state index in [4.69, 9.17) is 0 Å². The van der Waals surface area contributed by atoms with E-state index in [-0.39, 0.29) is 11.8 Å². The normalized spacial score (nSPS) is 13.0. The van der Waals surface area contributed by atoms with Gasteiger partial charge in [-0.2, -0.15) is 13.9 Å². The molecular formula is C16H18F2N4O. The van der Waals surface area contributed by atoms with Gasteiger partial charge in [0.25, 0.3) is 0 Å². The highest BCUT2D eigenvalue weighted by Gasteiger charge is 2.19. The van der Waals surface area contributed by atoms with Crippen molar-refractivity contribution in [1.29, 1.82) is 0 Å². The summed E-state index contributed by atoms with van der Waals surface area (Å²) in [4.78, 5) is 7.73. The number of nitrogens with one attached hydrogen (secondary N) is 1. The molecule has 0 fully saturated rings. The number of halogens is 2. The van der Waals surface area contributed by atoms with E-state index in [2.05, 4.69) is 33.7 Å². The SMILES string of the molecule is CC[C@@H](C)n1nc(C)c2[nH]c(-c3ccccc3OC(F)F)nc21. The molecule has 0 unspecified atom stereocenters. The fraction of sp³-hybridized carbons (Fsp3) is 0.375. The van der Waals surface area contributed by atoms with Crippen molar-refractivity contribution < 1.29 is 13.5 Å². The number of hydrogen-bond acceptors (Lipinski definition) is 3. The van der Waals surface area contributed by atoms with Crippen molar-refractivity contribution in [3.05, 3.63) is 30.0 Å². The van der Waals surface area contributed by atoms with Gasteiger partial charge in [-0.15, -0.1) is 0 Å². The molecule has 0 saturated carbocycles. The Morgan fingerprint density at radius 1 is 1.30 bits per heavy atom. The summed E-state index contributed by atoms with van der Waals surface area (Å²) in [5.74, 6) is 0.591. The van der Waals surface area contributed by atoms with Crippen molar-refractivity contribution in [3.8, 4) is 17.1 Å². The van der Waals surface area contributed by atoms with E-state index >= 15 is 0 Å². The van der Waals surface area contributed by atoms with Crippen molar-refractivity contribution in [2.75, 3.05) is 0 Å². The maximum absolute atomic E-state index is 12.6. The standard InChI is InChI=1S/C16H18F2N4O/c1-4-9(2)22-15-13(10(3)21-22)19-14(20-15)11-7-5-6-8-12(11)23-16(17)18/h5-9,16H,4H2,1-3H3,(H,19,20)/t9-/m1/s1. The van der Waals surface area contributed by atoms with E-state index in [0.717, 1.165) is 23.3 Å². The second kappa shape index (κ2) is 5.98. The summed E-state index contributed by atoms with van der Waals surface area (Å²) in [5.41, 5.74) is 2.86. The van der Waals surface area contributed by atoms with Gasteiger partial charge in [-0.05, 0) is 32.4 Å². The first kappa shape index (κ1) is 15.5. The van der Waals surface area contributed by atoms with Crippen LogP contribution in [0.4, 0.5) is 8.78 Å². The minimum atomic E-state index is -2.88. The van der Waals surface area contributed by atoms with Crippen LogP contribution in [0.15, 0.2) is 24.3 Å². The Bertz CT molecular complexity index is 825. The number of H-pyrrole nitrogens is 1. The zero-order valence-electron chi connectivity index (χ0n) is 13.2. The lowest BCUT2D eigenvalue weighted by Gasteiger charge is -2.09. The Labute approximate surface area is 132 Å². The predicted octanol–water partition coefficient (Wildman–Crippen LogP) is 4.31. The van der Waals surface area contributed by atoms with Gasteiger partial charge >= 0.3 is 6.61 Å². The molecule has 122 valence electrons. The zero-order valence-corrected chi connectivity index (χ0v) is 13.2. The fourth-order valence-corrected chi connectivity index (χ4v) is 2.51. The van der Waals surface area contributed by atoms with E-state index in [1.807, 2.05) is 11.6 Å². The second-order valence-corrected chi connectivity index (χ2v) is 5.45. The Balaban J connectivity index is 2.12. The molecule has 0 bridgehead atoms. The summed E-state index contributed by atoms with van der Waals surface area (Å²) >= 11 is 0. The molecule has 1 atom stereocenters. The highest BCUT2D eigenvalue weighted by atomic mass is 19.3. The van der Waals surface area contributed by atoms with Crippen molar-refractivity contribution in [2.45, 2.75) is 39.8 Å². The molecule has 1 aromatic carbocycles. The van der Waals surface area contributed by atoms with E-state index in [1.54, 1.807) is 18.2 Å². The molecule has 0 spiro atoms. The number of rotatable bonds is 5. The van der Waals surface area contributed by atoms with Gasteiger partial charge in [0.05, 0.1) is 17.3 Å². The van der Waals surface area contributed by atoms with E-state index < -0.39 is 6.61 Å². The first-order valence-electron chi connectivity index (χ1n) is 7.50. The summed E-state index contributed by atoms with van der Waals surface area (Å²) < 4.78 is 31.6. The molecule has 1 N–H and O–H groups in total. The molecule has 7 heteroatoms. The minimum Gasteiger partial charge on any atom is -0.434 e. The molecule has 0 saturated heterocycles. The largest absolute Gasteiger partial charge is 0.434 e. The average molecular weight is 320 g/mol. The summed E-state index contributed by atoms with van der Waals surface area (Å²) in [5, 5.41) is 4.50. The lowest BCUT2D eigenvalue weighted by atomic mass is 10.2. The molecule has 0 aliphatic rings. The molecule has 5 nitrogen and oxygen atoms in total. The molecule has 3 rings (SSSR count). The van der Waals surface area contributed by atoms with Crippen LogP contribution in [0.25, 0.3) is 22.6 Å². The fourth-order valence-electron chi connectivity index (χ4n) is 2.51. The molecule has 0 radical (unpaired) electrons. The molecule has 23 heavy (non-hydrogen) atoms. The van der Waals surface area contributed by atoms with Gasteiger partial charge in [-0.3, -0.25) is 0 Å². The molecule has 0 aliphatic heterocycles. The number of hydrogen-bond donors (Lipinski definition) is 1. The number of fused-ring (bicyclic) bond motifs is 1. The third kappa shape index (κ3) is 2.78. The molecule has 2 aromatic heterocycles. The van der Waals surface area contributed by atoms with Gasteiger partial charge in [0.1, 0.15) is 17.1 Å². The second-order valence-electron chi connectivity index (χ2n) is 5.45. The van der Waals surface area contributed by atoms with Crippen molar-refractivity contribution >= 4 is 11.2 Å². The maximum atomic E-state index is 12.6. The van der Waals surface area contributed by atoms with Crippen LogP contribution >= 0.6 is 0 Å². The van der Waals surface area contributed by atoms with Crippen molar-refractivity contribution in [3.63, 3.8) is 0 Å². The Hall–Kier alpha value is -2.44. The molecule has 0 aliphatic carbocycles. The number of alkyl halides is 2. The van der Waals surface area contributed by atoms with Crippen molar-refractivity contribution in [2.24, 2.45) is 0 Å². The summed E-state index contributed by atoms with van der Waals surface area (Å²) in [6.45, 7) is 3.16. The number of aryl methyl sites for hydroxylation is 1. The lowest BCUT2D eigenvalue weighted by molar-refractivity contribution is -0.0494. The van der Waals surface area contributed by atoms with E-state index in [9.17, 15) is 8.78 Å². The third-order valence-electron chi connectivity index (χ3n) is 3.89. The topological polar surface area (TPSA) is 55.7 Å². The first-order chi connectivity index (χ1) is 11.0. The maximum Gasteiger partial charge on any atom is 0.387 e. The molecule has 3 aromatic rings. The molecule has 0 amide bonds. The molecule has 2 heterocycles. The van der Waals surface area contributed by atoms with Crippen LogP contribution in [0.3, 0.4) is 0 Å². The monoisotopic (exact) mass is 320 g/mol. The number of benzene rings is 1. The van der Waals surface area contributed by atoms with Crippen LogP contribution < -0.4 is 4.74 Å². The number of para-hydroxylation sites is 1. The quantitative estimate of drug-likeness (QED) is 0.762. The highest BCUT2D eigenvalue weighted by molar-refractivity contribution is 5.80. The van der Waals surface area contributed by atoms with Crippen LogP contribution in [0.5, 0.6) is 5.75 Å². The van der Waals surface area contributed by atoms with Gasteiger partial charge < -0.3 is 9.72 Å². The number of nitrogens with zero attached hydrogens (tertiary/aromatic N) is 3. The number of aromatic nitrogens is 4. The van der Waals surface area contributed by atoms with Gasteiger partial charge in [-0.25, -0.2) is 9.67 Å². The van der Waals surface area contributed by atoms with Gasteiger partial charge in [0, 0.05) is 0 Å². The van der Waals surface area contributed by atoms with Crippen molar-refractivity contribution in [1.82, 2.24) is 19.7 Å². The molecular weight excluding hydrogens is 302 g/mol. The van der Waals surface area contributed by atoms with Crippen LogP contribution in [0.1, 0.15) is 32.0 Å². The highest BCUT2D eigenvalue weighted by Crippen LogP contribution is 2.31. The Morgan fingerprint density at radius 3 is 2.74 bits per heavy atom. The van der Waals surface area contributed by atoms with Crippen LogP contribution in [0.2, 0.25) is 0 Å². The lowest BCUT2D eigenvalue weighted by Crippen LogP contribution is -2.06. The van der Waals surface area contributed by atoms with Gasteiger partial charge in [0.15, 0.2) is 5.65 Å². The van der Waals surface area contributed by atoms with Crippen LogP contribution in [-0.2, 0) is 0 Å². The zero-order chi connectivity index (χ0) is 16.6. The predicted molar refractivity (Wildman–Crippen MR) is 83.7 cm³/mol. The van der Waals surface area contributed by atoms with Gasteiger partial charge in [0.2, 0.25) is 0 Å². The Morgan fingerprint density at radius 2 is 2.04 bits per heavy atom. The minimum absolute atomic E-state index is 0.0969. The first-order valence-corrected chi connectivity index (χ1v) is 7.50. The average Bonchev–Trinajstić information content (AvgIpc) is 3.07.